The van der Waals surface area contributed by atoms with Crippen molar-refractivity contribution < 1.29 is 9.53 Å². The first-order valence-corrected chi connectivity index (χ1v) is 6.18. The lowest BCUT2D eigenvalue weighted by molar-refractivity contribution is -0.118. The fourth-order valence-corrected chi connectivity index (χ4v) is 1.93. The summed E-state index contributed by atoms with van der Waals surface area (Å²) in [6.45, 7) is -0.115. The van der Waals surface area contributed by atoms with Crippen LogP contribution in [0.4, 0.5) is 5.69 Å². The van der Waals surface area contributed by atoms with Gasteiger partial charge in [-0.3, -0.25) is 9.78 Å². The highest BCUT2D eigenvalue weighted by Gasteiger charge is 2.05. The smallest absolute Gasteiger partial charge is 0.262 e. The Bertz CT molecular complexity index is 556. The van der Waals surface area contributed by atoms with Crippen LogP contribution in [0.2, 0.25) is 10.0 Å². The summed E-state index contributed by atoms with van der Waals surface area (Å²) in [5, 5.41) is 3.55. The maximum atomic E-state index is 11.7. The Labute approximate surface area is 120 Å². The Morgan fingerprint density at radius 2 is 2.00 bits per heavy atom. The molecule has 0 spiro atoms. The molecule has 1 aromatic carbocycles. The van der Waals surface area contributed by atoms with Crippen LogP contribution in [0.5, 0.6) is 5.75 Å². The van der Waals surface area contributed by atoms with Gasteiger partial charge in [0.25, 0.3) is 5.91 Å². The van der Waals surface area contributed by atoms with Crippen LogP contribution in [0.1, 0.15) is 0 Å². The van der Waals surface area contributed by atoms with Crippen molar-refractivity contribution >= 4 is 34.8 Å². The Morgan fingerprint density at radius 1 is 1.26 bits per heavy atom. The molecule has 1 amide bonds. The number of hydrogen-bond acceptors (Lipinski definition) is 3. The Balaban J connectivity index is 1.91. The number of ether oxygens (including phenoxy) is 1. The maximum Gasteiger partial charge on any atom is 0.262 e. The predicted molar refractivity (Wildman–Crippen MR) is 74.8 cm³/mol. The van der Waals surface area contributed by atoms with Gasteiger partial charge in [-0.2, -0.15) is 0 Å². The highest BCUT2D eigenvalue weighted by atomic mass is 35.5. The molecule has 1 N–H and O–H groups in total. The van der Waals surface area contributed by atoms with Crippen molar-refractivity contribution in [2.45, 2.75) is 0 Å². The number of nitrogens with one attached hydrogen (secondary N) is 1. The van der Waals surface area contributed by atoms with Crippen molar-refractivity contribution in [2.75, 3.05) is 11.9 Å². The van der Waals surface area contributed by atoms with Crippen LogP contribution < -0.4 is 10.1 Å². The second-order valence-electron chi connectivity index (χ2n) is 3.68. The minimum Gasteiger partial charge on any atom is -0.482 e. The molecule has 1 aromatic heterocycles. The zero-order chi connectivity index (χ0) is 13.7. The topological polar surface area (TPSA) is 51.2 Å². The van der Waals surface area contributed by atoms with Gasteiger partial charge in [0.1, 0.15) is 5.75 Å². The number of benzene rings is 1. The highest BCUT2D eigenvalue weighted by Crippen LogP contribution is 2.22. The zero-order valence-corrected chi connectivity index (χ0v) is 11.3. The van der Waals surface area contributed by atoms with Crippen LogP contribution in [0, 0.1) is 0 Å². The molecule has 0 bridgehead atoms. The maximum absolute atomic E-state index is 11.7. The number of anilines is 1. The summed E-state index contributed by atoms with van der Waals surface area (Å²) in [6, 6.07) is 8.25. The van der Waals surface area contributed by atoms with Gasteiger partial charge in [-0.15, -0.1) is 0 Å². The van der Waals surface area contributed by atoms with Gasteiger partial charge < -0.3 is 10.1 Å². The van der Waals surface area contributed by atoms with E-state index in [2.05, 4.69) is 10.3 Å². The van der Waals surface area contributed by atoms with E-state index in [1.54, 1.807) is 36.5 Å². The molecule has 19 heavy (non-hydrogen) atoms. The number of nitrogens with zero attached hydrogens (tertiary/aromatic N) is 1. The largest absolute Gasteiger partial charge is 0.482 e. The third-order valence-corrected chi connectivity index (χ3v) is 2.59. The average molecular weight is 297 g/mol. The van der Waals surface area contributed by atoms with Crippen LogP contribution in [0.15, 0.2) is 42.7 Å². The Hall–Kier alpha value is -1.78. The first kappa shape index (κ1) is 13.6. The van der Waals surface area contributed by atoms with E-state index < -0.39 is 0 Å². The molecule has 98 valence electrons. The molecular weight excluding hydrogens is 287 g/mol. The summed E-state index contributed by atoms with van der Waals surface area (Å²) in [5.74, 6) is 0.226. The van der Waals surface area contributed by atoms with E-state index in [1.165, 1.54) is 6.20 Å². The van der Waals surface area contributed by atoms with E-state index in [1.807, 2.05) is 0 Å². The van der Waals surface area contributed by atoms with Crippen molar-refractivity contribution in [3.8, 4) is 5.75 Å². The molecule has 0 fully saturated rings. The van der Waals surface area contributed by atoms with Gasteiger partial charge >= 0.3 is 0 Å². The van der Waals surface area contributed by atoms with E-state index in [9.17, 15) is 4.79 Å². The first-order chi connectivity index (χ1) is 9.13. The number of amides is 1. The van der Waals surface area contributed by atoms with Crippen molar-refractivity contribution in [2.24, 2.45) is 0 Å². The number of carbonyl (C=O) groups excluding carboxylic acids is 1. The minimum atomic E-state index is -0.304. The molecule has 4 nitrogen and oxygen atoms in total. The third kappa shape index (κ3) is 4.43. The number of aromatic nitrogens is 1. The van der Waals surface area contributed by atoms with Crippen molar-refractivity contribution in [1.29, 1.82) is 0 Å². The third-order valence-electron chi connectivity index (χ3n) is 2.15. The van der Waals surface area contributed by atoms with Crippen LogP contribution in [0.3, 0.4) is 0 Å². The molecule has 0 radical (unpaired) electrons. The van der Waals surface area contributed by atoms with Crippen LogP contribution in [0.25, 0.3) is 0 Å². The van der Waals surface area contributed by atoms with E-state index in [4.69, 9.17) is 27.9 Å². The number of hydrogen-bond donors (Lipinski definition) is 1. The van der Waals surface area contributed by atoms with Gasteiger partial charge in [-0.25, -0.2) is 0 Å². The summed E-state index contributed by atoms with van der Waals surface area (Å²) in [6.07, 6.45) is 3.16. The molecule has 0 aliphatic carbocycles. The molecule has 2 aromatic rings. The van der Waals surface area contributed by atoms with Gasteiger partial charge in [-0.05, 0) is 30.3 Å². The van der Waals surface area contributed by atoms with E-state index in [0.29, 0.717) is 21.5 Å². The standard InChI is InChI=1S/C13H10Cl2N2O2/c14-9-4-10(15)6-11(5-9)17-13(18)8-19-12-2-1-3-16-7-12/h1-7H,8H2,(H,17,18). The highest BCUT2D eigenvalue weighted by molar-refractivity contribution is 6.35. The monoisotopic (exact) mass is 296 g/mol. The molecule has 1 heterocycles. The Morgan fingerprint density at radius 3 is 2.63 bits per heavy atom. The summed E-state index contributed by atoms with van der Waals surface area (Å²) >= 11 is 11.7. The summed E-state index contributed by atoms with van der Waals surface area (Å²) in [5.41, 5.74) is 0.525. The summed E-state index contributed by atoms with van der Waals surface area (Å²) in [4.78, 5) is 15.5. The minimum absolute atomic E-state index is 0.115. The fourth-order valence-electron chi connectivity index (χ4n) is 1.40. The zero-order valence-electron chi connectivity index (χ0n) is 9.77. The second-order valence-corrected chi connectivity index (χ2v) is 4.56. The molecule has 6 heteroatoms. The van der Waals surface area contributed by atoms with Gasteiger partial charge in [0.15, 0.2) is 6.61 Å². The average Bonchev–Trinajstić information content (AvgIpc) is 2.36. The molecule has 0 unspecified atom stereocenters. The molecular formula is C13H10Cl2N2O2. The SMILES string of the molecule is O=C(COc1cccnc1)Nc1cc(Cl)cc(Cl)c1. The van der Waals surface area contributed by atoms with Gasteiger partial charge in [-0.1, -0.05) is 23.2 Å². The number of halogens is 2. The van der Waals surface area contributed by atoms with E-state index in [-0.39, 0.29) is 12.5 Å². The number of carbonyl (C=O) groups is 1. The first-order valence-electron chi connectivity index (χ1n) is 5.42. The second kappa shape index (κ2) is 6.41. The van der Waals surface area contributed by atoms with Crippen molar-refractivity contribution in [3.63, 3.8) is 0 Å². The molecule has 0 atom stereocenters. The van der Waals surface area contributed by atoms with Gasteiger partial charge in [0.05, 0.1) is 6.20 Å². The van der Waals surface area contributed by atoms with Crippen LogP contribution >= 0.6 is 23.2 Å². The van der Waals surface area contributed by atoms with Gasteiger partial charge in [0, 0.05) is 21.9 Å². The molecule has 0 aliphatic heterocycles. The number of pyridine rings is 1. The molecule has 2 rings (SSSR count). The lowest BCUT2D eigenvalue weighted by atomic mass is 10.3. The lowest BCUT2D eigenvalue weighted by Crippen LogP contribution is -2.20. The van der Waals surface area contributed by atoms with E-state index in [0.717, 1.165) is 0 Å². The quantitative estimate of drug-likeness (QED) is 0.941. The number of rotatable bonds is 4. The molecule has 0 saturated heterocycles. The van der Waals surface area contributed by atoms with E-state index >= 15 is 0 Å². The molecule has 0 saturated carbocycles. The summed E-state index contributed by atoms with van der Waals surface area (Å²) < 4.78 is 5.26. The normalized spacial score (nSPS) is 10.0. The van der Waals surface area contributed by atoms with Crippen LogP contribution in [-0.4, -0.2) is 17.5 Å². The Kier molecular flexibility index (Phi) is 4.60. The fraction of sp³-hybridized carbons (Fsp3) is 0.0769. The van der Waals surface area contributed by atoms with Crippen LogP contribution in [-0.2, 0) is 4.79 Å². The van der Waals surface area contributed by atoms with Crippen molar-refractivity contribution in [1.82, 2.24) is 4.98 Å². The summed E-state index contributed by atoms with van der Waals surface area (Å²) in [7, 11) is 0. The predicted octanol–water partition coefficient (Wildman–Crippen LogP) is 3.41. The molecule has 0 aliphatic rings. The van der Waals surface area contributed by atoms with Crippen molar-refractivity contribution in [3.05, 3.63) is 52.8 Å². The lowest BCUT2D eigenvalue weighted by Gasteiger charge is -2.07. The van der Waals surface area contributed by atoms with Gasteiger partial charge in [0.2, 0.25) is 0 Å².